The van der Waals surface area contributed by atoms with Gasteiger partial charge in [0, 0.05) is 18.8 Å². The van der Waals surface area contributed by atoms with Gasteiger partial charge < -0.3 is 9.64 Å². The maximum atomic E-state index is 13.3. The molecule has 0 spiro atoms. The second kappa shape index (κ2) is 10.4. The number of nitriles is 2. The number of pyridine rings is 1. The van der Waals surface area contributed by atoms with Gasteiger partial charge in [0.25, 0.3) is 5.91 Å². The number of amides is 1. The van der Waals surface area contributed by atoms with E-state index in [-0.39, 0.29) is 12.0 Å². The van der Waals surface area contributed by atoms with E-state index in [1.807, 2.05) is 0 Å². The number of nitrogens with zero attached hydrogens (tertiary/aromatic N) is 7. The molecule has 1 aliphatic rings. The van der Waals surface area contributed by atoms with Crippen LogP contribution in [0.5, 0.6) is 5.88 Å². The zero-order chi connectivity index (χ0) is 22.9. The molecule has 32 heavy (non-hydrogen) atoms. The fourth-order valence-electron chi connectivity index (χ4n) is 3.39. The molecule has 1 aliphatic heterocycles. The second-order valence-electron chi connectivity index (χ2n) is 6.79. The molecule has 158 valence electrons. The van der Waals surface area contributed by atoms with E-state index in [1.54, 1.807) is 35.2 Å². The first-order valence-electron chi connectivity index (χ1n) is 9.74. The molecule has 4 rings (SSSR count). The summed E-state index contributed by atoms with van der Waals surface area (Å²) in [4.78, 5) is 20.5. The molecular formula is C23H19N7O2. The lowest BCUT2D eigenvalue weighted by atomic mass is 10.0. The van der Waals surface area contributed by atoms with Gasteiger partial charge >= 0.3 is 0 Å². The lowest BCUT2D eigenvalue weighted by Crippen LogP contribution is -2.44. The highest BCUT2D eigenvalue weighted by atomic mass is 16.5. The van der Waals surface area contributed by atoms with Crippen LogP contribution >= 0.6 is 0 Å². The zero-order valence-electron chi connectivity index (χ0n) is 17.1. The number of ether oxygens (including phenoxy) is 1. The predicted molar refractivity (Wildman–Crippen MR) is 114 cm³/mol. The monoisotopic (exact) mass is 425 g/mol. The summed E-state index contributed by atoms with van der Waals surface area (Å²) in [5.41, 5.74) is 1.76. The van der Waals surface area contributed by atoms with Crippen LogP contribution in [0.4, 0.5) is 0 Å². The molecule has 0 saturated carbocycles. The topological polar surface area (TPSA) is 121 Å². The van der Waals surface area contributed by atoms with E-state index in [1.165, 1.54) is 23.4 Å². The van der Waals surface area contributed by atoms with Crippen LogP contribution in [0.3, 0.4) is 0 Å². The summed E-state index contributed by atoms with van der Waals surface area (Å²) in [6.07, 6.45) is 13.9. The van der Waals surface area contributed by atoms with Crippen molar-refractivity contribution in [1.29, 1.82) is 10.5 Å². The lowest BCUT2D eigenvalue weighted by Gasteiger charge is -2.33. The molecule has 0 aliphatic carbocycles. The highest BCUT2D eigenvalue weighted by Gasteiger charge is 2.28. The van der Waals surface area contributed by atoms with Crippen molar-refractivity contribution in [2.75, 3.05) is 13.1 Å². The first-order chi connectivity index (χ1) is 15.7. The van der Waals surface area contributed by atoms with Crippen LogP contribution in [-0.2, 0) is 0 Å². The molecular weight excluding hydrogens is 406 g/mol. The number of aromatic nitrogens is 4. The van der Waals surface area contributed by atoms with Crippen molar-refractivity contribution in [2.45, 2.75) is 18.9 Å². The predicted octanol–water partition coefficient (Wildman–Crippen LogP) is 2.34. The Morgan fingerprint density at radius 2 is 1.78 bits per heavy atom. The maximum absolute atomic E-state index is 13.3. The number of benzene rings is 1. The highest BCUT2D eigenvalue weighted by molar-refractivity contribution is 5.98. The standard InChI is InChI=1S/C21H17N7O2.C2H2/c22-12-15-3-4-18(19(10-15)28-25-7-8-26-28)21(29)27-9-1-2-17(14-27)30-20-11-16(13-23)5-6-24-20;1-2/h3-8,10-11,17H,1-2,9,14H2;1-2H/t17-;/m1./s1. The molecule has 1 aromatic carbocycles. The quantitative estimate of drug-likeness (QED) is 0.588. The number of carbonyl (C=O) groups is 1. The summed E-state index contributed by atoms with van der Waals surface area (Å²) in [6, 6.07) is 12.2. The van der Waals surface area contributed by atoms with Crippen LogP contribution < -0.4 is 4.74 Å². The van der Waals surface area contributed by atoms with E-state index >= 15 is 0 Å². The van der Waals surface area contributed by atoms with E-state index in [9.17, 15) is 10.1 Å². The van der Waals surface area contributed by atoms with Crippen molar-refractivity contribution in [3.8, 4) is 36.6 Å². The Morgan fingerprint density at radius 1 is 1.06 bits per heavy atom. The van der Waals surface area contributed by atoms with Crippen LogP contribution in [0.15, 0.2) is 48.9 Å². The van der Waals surface area contributed by atoms with Crippen molar-refractivity contribution < 1.29 is 9.53 Å². The molecule has 3 aromatic rings. The first kappa shape index (κ1) is 22.0. The van der Waals surface area contributed by atoms with E-state index in [2.05, 4.69) is 40.2 Å². The second-order valence-corrected chi connectivity index (χ2v) is 6.79. The average molecular weight is 425 g/mol. The van der Waals surface area contributed by atoms with Crippen molar-refractivity contribution in [3.63, 3.8) is 0 Å². The minimum absolute atomic E-state index is 0.182. The van der Waals surface area contributed by atoms with Gasteiger partial charge in [-0.25, -0.2) is 4.98 Å². The number of carbonyl (C=O) groups excluding carboxylic acids is 1. The molecule has 0 N–H and O–H groups in total. The van der Waals surface area contributed by atoms with E-state index in [0.29, 0.717) is 41.3 Å². The van der Waals surface area contributed by atoms with E-state index in [0.717, 1.165) is 12.8 Å². The van der Waals surface area contributed by atoms with E-state index < -0.39 is 0 Å². The zero-order valence-corrected chi connectivity index (χ0v) is 17.1. The van der Waals surface area contributed by atoms with Crippen molar-refractivity contribution in [3.05, 3.63) is 65.6 Å². The molecule has 1 fully saturated rings. The fourth-order valence-corrected chi connectivity index (χ4v) is 3.39. The van der Waals surface area contributed by atoms with Gasteiger partial charge in [0.05, 0.1) is 53.5 Å². The number of rotatable bonds is 4. The van der Waals surface area contributed by atoms with Crippen LogP contribution in [0.2, 0.25) is 0 Å². The summed E-state index contributed by atoms with van der Waals surface area (Å²) in [7, 11) is 0. The van der Waals surface area contributed by atoms with Gasteiger partial charge in [-0.15, -0.1) is 12.8 Å². The molecule has 3 heterocycles. The molecule has 9 heteroatoms. The smallest absolute Gasteiger partial charge is 0.256 e. The first-order valence-corrected chi connectivity index (χ1v) is 9.74. The minimum Gasteiger partial charge on any atom is -0.472 e. The molecule has 1 atom stereocenters. The van der Waals surface area contributed by atoms with Crippen molar-refractivity contribution >= 4 is 5.91 Å². The van der Waals surface area contributed by atoms with Crippen LogP contribution in [0.1, 0.15) is 34.3 Å². The van der Waals surface area contributed by atoms with Crippen LogP contribution in [-0.4, -0.2) is 50.0 Å². The maximum Gasteiger partial charge on any atom is 0.256 e. The van der Waals surface area contributed by atoms with Gasteiger partial charge in [-0.2, -0.15) is 25.5 Å². The summed E-state index contributed by atoms with van der Waals surface area (Å²) in [6.45, 7) is 0.986. The SMILES string of the molecule is C#C.N#Cc1ccnc(O[C@@H]2CCCN(C(=O)c3ccc(C#N)cc3-n3nccn3)C2)c1. The molecule has 0 radical (unpaired) electrons. The van der Waals surface area contributed by atoms with Crippen molar-refractivity contribution in [1.82, 2.24) is 24.9 Å². The molecule has 0 bridgehead atoms. The number of piperidine rings is 1. The Morgan fingerprint density at radius 3 is 2.50 bits per heavy atom. The molecule has 9 nitrogen and oxygen atoms in total. The third-order valence-electron chi connectivity index (χ3n) is 4.81. The summed E-state index contributed by atoms with van der Waals surface area (Å²) >= 11 is 0. The molecule has 1 saturated heterocycles. The summed E-state index contributed by atoms with van der Waals surface area (Å²) < 4.78 is 5.92. The van der Waals surface area contributed by atoms with Gasteiger partial charge in [-0.1, -0.05) is 0 Å². The Bertz CT molecular complexity index is 1190. The minimum atomic E-state index is -0.228. The fraction of sp³-hybridized carbons (Fsp3) is 0.217. The number of likely N-dealkylation sites (tertiary alicyclic amines) is 1. The highest BCUT2D eigenvalue weighted by Crippen LogP contribution is 2.22. The van der Waals surface area contributed by atoms with Crippen molar-refractivity contribution in [2.24, 2.45) is 0 Å². The molecule has 1 amide bonds. The molecule has 2 aromatic heterocycles. The third-order valence-corrected chi connectivity index (χ3v) is 4.81. The van der Waals surface area contributed by atoms with Gasteiger partial charge in [0.2, 0.25) is 5.88 Å². The lowest BCUT2D eigenvalue weighted by molar-refractivity contribution is 0.0527. The normalized spacial score (nSPS) is 14.9. The Hall–Kier alpha value is -4.68. The van der Waals surface area contributed by atoms with Crippen LogP contribution in [0, 0.1) is 35.5 Å². The van der Waals surface area contributed by atoms with Gasteiger partial charge in [0.15, 0.2) is 0 Å². The summed E-state index contributed by atoms with van der Waals surface area (Å²) in [5, 5.41) is 26.5. The number of terminal acetylenes is 1. The van der Waals surface area contributed by atoms with Gasteiger partial charge in [-0.3, -0.25) is 4.79 Å². The number of hydrogen-bond donors (Lipinski definition) is 0. The van der Waals surface area contributed by atoms with E-state index in [4.69, 9.17) is 10.00 Å². The molecule has 0 unspecified atom stereocenters. The Kier molecular flexibility index (Phi) is 7.14. The van der Waals surface area contributed by atoms with Crippen LogP contribution in [0.25, 0.3) is 5.69 Å². The van der Waals surface area contributed by atoms with Gasteiger partial charge in [-0.05, 0) is 37.1 Å². The Balaban J connectivity index is 0.00000141. The number of hydrogen-bond acceptors (Lipinski definition) is 7. The third kappa shape index (κ3) is 4.89. The van der Waals surface area contributed by atoms with Gasteiger partial charge in [0.1, 0.15) is 6.10 Å². The average Bonchev–Trinajstić information content (AvgIpc) is 3.40. The largest absolute Gasteiger partial charge is 0.472 e. The summed E-state index contributed by atoms with van der Waals surface area (Å²) in [5.74, 6) is 0.187. The Labute approximate surface area is 185 Å².